The highest BCUT2D eigenvalue weighted by molar-refractivity contribution is 8.00. The molecule has 1 aliphatic rings. The van der Waals surface area contributed by atoms with Crippen molar-refractivity contribution >= 4 is 46.6 Å². The van der Waals surface area contributed by atoms with Crippen molar-refractivity contribution in [2.45, 2.75) is 36.1 Å². The second-order valence-electron chi connectivity index (χ2n) is 6.72. The van der Waals surface area contributed by atoms with Gasteiger partial charge in [0.15, 0.2) is 0 Å². The molecule has 4 nitrogen and oxygen atoms in total. The molecule has 0 spiro atoms. The monoisotopic (exact) mass is 442 g/mol. The molecule has 0 radical (unpaired) electrons. The fourth-order valence-corrected chi connectivity index (χ4v) is 3.60. The summed E-state index contributed by atoms with van der Waals surface area (Å²) in [7, 11) is 0. The Morgan fingerprint density at radius 2 is 1.76 bits per heavy atom. The predicted octanol–water partition coefficient (Wildman–Crippen LogP) is 5.83. The van der Waals surface area contributed by atoms with Crippen LogP contribution in [0, 0.1) is 5.92 Å². The lowest BCUT2D eigenvalue weighted by molar-refractivity contribution is -0.137. The Kier molecular flexibility index (Phi) is 6.43. The number of benzene rings is 2. The highest BCUT2D eigenvalue weighted by Gasteiger charge is 2.34. The first kappa shape index (κ1) is 21.5. The van der Waals surface area contributed by atoms with Crippen molar-refractivity contribution in [2.75, 3.05) is 10.6 Å². The van der Waals surface area contributed by atoms with Crippen molar-refractivity contribution in [3.05, 3.63) is 53.1 Å². The number of carbonyl (C=O) groups excluding carboxylic acids is 2. The second-order valence-corrected chi connectivity index (χ2v) is 8.58. The summed E-state index contributed by atoms with van der Waals surface area (Å²) in [5.74, 6) is -0.460. The first-order valence-corrected chi connectivity index (χ1v) is 10.1. The molecule has 0 aromatic heterocycles. The Bertz CT molecular complexity index is 915. The van der Waals surface area contributed by atoms with E-state index in [1.54, 1.807) is 31.2 Å². The first-order chi connectivity index (χ1) is 13.6. The molecule has 0 saturated heterocycles. The Hall–Kier alpha value is -2.19. The molecule has 1 saturated carbocycles. The minimum atomic E-state index is -4.63. The minimum Gasteiger partial charge on any atom is -0.326 e. The maximum Gasteiger partial charge on any atom is 0.418 e. The largest absolute Gasteiger partial charge is 0.418 e. The van der Waals surface area contributed by atoms with E-state index in [1.165, 1.54) is 17.8 Å². The predicted molar refractivity (Wildman–Crippen MR) is 108 cm³/mol. The Labute approximate surface area is 175 Å². The topological polar surface area (TPSA) is 58.2 Å². The number of thioether (sulfide) groups is 1. The van der Waals surface area contributed by atoms with Crippen LogP contribution in [0.25, 0.3) is 0 Å². The third-order valence-corrected chi connectivity index (χ3v) is 5.64. The maximum atomic E-state index is 13.2. The molecule has 0 bridgehead atoms. The zero-order chi connectivity index (χ0) is 21.2. The van der Waals surface area contributed by atoms with Gasteiger partial charge in [-0.15, -0.1) is 11.8 Å². The number of hydrogen-bond donors (Lipinski definition) is 2. The van der Waals surface area contributed by atoms with E-state index >= 15 is 0 Å². The highest BCUT2D eigenvalue weighted by atomic mass is 35.5. The van der Waals surface area contributed by atoms with Crippen LogP contribution in [0.2, 0.25) is 5.02 Å². The zero-order valence-electron chi connectivity index (χ0n) is 15.3. The van der Waals surface area contributed by atoms with E-state index < -0.39 is 22.9 Å². The molecule has 2 aromatic carbocycles. The number of hydrogen-bond acceptors (Lipinski definition) is 3. The van der Waals surface area contributed by atoms with Crippen molar-refractivity contribution in [2.24, 2.45) is 5.92 Å². The summed E-state index contributed by atoms with van der Waals surface area (Å²) in [6.45, 7) is 1.60. The molecule has 0 heterocycles. The van der Waals surface area contributed by atoms with Crippen LogP contribution < -0.4 is 10.6 Å². The van der Waals surface area contributed by atoms with Crippen molar-refractivity contribution < 1.29 is 22.8 Å². The van der Waals surface area contributed by atoms with Crippen LogP contribution in [-0.4, -0.2) is 17.1 Å². The number of amides is 2. The van der Waals surface area contributed by atoms with Gasteiger partial charge in [0.2, 0.25) is 11.8 Å². The Morgan fingerprint density at radius 1 is 1.10 bits per heavy atom. The second kappa shape index (κ2) is 8.67. The van der Waals surface area contributed by atoms with E-state index in [-0.39, 0.29) is 22.5 Å². The number of rotatable bonds is 6. The molecule has 0 aliphatic heterocycles. The molecule has 29 heavy (non-hydrogen) atoms. The third kappa shape index (κ3) is 5.90. The van der Waals surface area contributed by atoms with Gasteiger partial charge in [0.25, 0.3) is 0 Å². The van der Waals surface area contributed by atoms with Gasteiger partial charge in [0.05, 0.1) is 16.5 Å². The molecule has 2 N–H and O–H groups in total. The molecule has 1 unspecified atom stereocenters. The van der Waals surface area contributed by atoms with Crippen LogP contribution in [0.5, 0.6) is 0 Å². The lowest BCUT2D eigenvalue weighted by atomic mass is 10.1. The first-order valence-electron chi connectivity index (χ1n) is 8.88. The van der Waals surface area contributed by atoms with Gasteiger partial charge in [-0.05, 0) is 62.2 Å². The average molecular weight is 443 g/mol. The van der Waals surface area contributed by atoms with E-state index in [0.717, 1.165) is 29.9 Å². The number of halogens is 4. The molecule has 3 rings (SSSR count). The summed E-state index contributed by atoms with van der Waals surface area (Å²) in [6, 6.07) is 10.2. The van der Waals surface area contributed by atoms with Gasteiger partial charge in [0.1, 0.15) is 0 Å². The fraction of sp³-hybridized carbons (Fsp3) is 0.300. The quantitative estimate of drug-likeness (QED) is 0.553. The maximum absolute atomic E-state index is 13.2. The van der Waals surface area contributed by atoms with Gasteiger partial charge in [-0.2, -0.15) is 13.2 Å². The smallest absolute Gasteiger partial charge is 0.326 e. The number of anilines is 2. The summed E-state index contributed by atoms with van der Waals surface area (Å²) in [6.07, 6.45) is -2.81. The van der Waals surface area contributed by atoms with Gasteiger partial charge in [-0.1, -0.05) is 11.6 Å². The van der Waals surface area contributed by atoms with Crippen molar-refractivity contribution in [3.63, 3.8) is 0 Å². The van der Waals surface area contributed by atoms with Gasteiger partial charge in [-0.3, -0.25) is 9.59 Å². The molecule has 1 atom stereocenters. The van der Waals surface area contributed by atoms with Crippen molar-refractivity contribution in [3.8, 4) is 0 Å². The van der Waals surface area contributed by atoms with Gasteiger partial charge >= 0.3 is 6.18 Å². The van der Waals surface area contributed by atoms with Crippen molar-refractivity contribution in [1.29, 1.82) is 0 Å². The van der Waals surface area contributed by atoms with E-state index in [4.69, 9.17) is 11.6 Å². The molecule has 1 fully saturated rings. The lowest BCUT2D eigenvalue weighted by Crippen LogP contribution is -2.24. The molecule has 154 valence electrons. The molecule has 9 heteroatoms. The molecular formula is C20H18ClF3N2O2S. The van der Waals surface area contributed by atoms with Gasteiger partial charge < -0.3 is 10.6 Å². The van der Waals surface area contributed by atoms with E-state index in [2.05, 4.69) is 10.6 Å². The molecular weight excluding hydrogens is 425 g/mol. The summed E-state index contributed by atoms with van der Waals surface area (Å²) in [4.78, 5) is 24.9. The SMILES string of the molecule is CC(Sc1ccc(NC(=O)C2CC2)cc1)C(=O)Nc1ccc(Cl)cc1C(F)(F)F. The average Bonchev–Trinajstić information content (AvgIpc) is 3.49. The molecule has 2 aromatic rings. The van der Waals surface area contributed by atoms with Crippen LogP contribution in [0.3, 0.4) is 0 Å². The van der Waals surface area contributed by atoms with Crippen LogP contribution >= 0.6 is 23.4 Å². The van der Waals surface area contributed by atoms with Crippen LogP contribution in [0.15, 0.2) is 47.4 Å². The van der Waals surface area contributed by atoms with Gasteiger partial charge in [0, 0.05) is 21.5 Å². The number of carbonyl (C=O) groups is 2. The normalized spacial score (nSPS) is 14.9. The number of nitrogens with one attached hydrogen (secondary N) is 2. The summed E-state index contributed by atoms with van der Waals surface area (Å²) in [5.41, 5.74) is -0.664. The lowest BCUT2D eigenvalue weighted by Gasteiger charge is -2.17. The van der Waals surface area contributed by atoms with Crippen LogP contribution in [0.1, 0.15) is 25.3 Å². The number of alkyl halides is 3. The van der Waals surface area contributed by atoms with E-state index in [0.29, 0.717) is 5.69 Å². The van der Waals surface area contributed by atoms with Crippen LogP contribution in [-0.2, 0) is 15.8 Å². The standard InChI is InChI=1S/C20H18ClF3N2O2S/c1-11(18(27)26-17-9-4-13(21)10-16(17)20(22,23)24)29-15-7-5-14(6-8-15)25-19(28)12-2-3-12/h4-12H,2-3H2,1H3,(H,25,28)(H,26,27). The van der Waals surface area contributed by atoms with E-state index in [1.807, 2.05) is 0 Å². The van der Waals surface area contributed by atoms with Crippen LogP contribution in [0.4, 0.5) is 24.5 Å². The van der Waals surface area contributed by atoms with Crippen molar-refractivity contribution in [1.82, 2.24) is 0 Å². The Morgan fingerprint density at radius 3 is 2.34 bits per heavy atom. The highest BCUT2D eigenvalue weighted by Crippen LogP contribution is 2.37. The van der Waals surface area contributed by atoms with E-state index in [9.17, 15) is 22.8 Å². The minimum absolute atomic E-state index is 0.00147. The summed E-state index contributed by atoms with van der Waals surface area (Å²) < 4.78 is 39.5. The fourth-order valence-electron chi connectivity index (χ4n) is 2.56. The molecule has 1 aliphatic carbocycles. The molecule has 2 amide bonds. The summed E-state index contributed by atoms with van der Waals surface area (Å²) in [5, 5.41) is 4.44. The Balaban J connectivity index is 1.61. The summed E-state index contributed by atoms with van der Waals surface area (Å²) >= 11 is 6.85. The third-order valence-electron chi connectivity index (χ3n) is 4.30. The van der Waals surface area contributed by atoms with Gasteiger partial charge in [-0.25, -0.2) is 0 Å². The zero-order valence-corrected chi connectivity index (χ0v) is 16.9.